The lowest BCUT2D eigenvalue weighted by Gasteiger charge is -2.54. The van der Waals surface area contributed by atoms with E-state index in [2.05, 4.69) is 57.5 Å². The number of hydrogen-bond acceptors (Lipinski definition) is 5. The van der Waals surface area contributed by atoms with Crippen molar-refractivity contribution in [3.63, 3.8) is 0 Å². The van der Waals surface area contributed by atoms with Gasteiger partial charge in [0.25, 0.3) is 0 Å². The van der Waals surface area contributed by atoms with Crippen molar-refractivity contribution in [2.75, 3.05) is 0 Å². The number of ketones is 1. The second-order valence-corrected chi connectivity index (χ2v) is 17.8. The minimum atomic E-state index is -1.94. The molecule has 0 bridgehead atoms. The summed E-state index contributed by atoms with van der Waals surface area (Å²) in [6.45, 7) is 13.4. The van der Waals surface area contributed by atoms with E-state index in [0.29, 0.717) is 6.42 Å². The maximum Gasteiger partial charge on any atom is 0.431 e. The Bertz CT molecular complexity index is 1280. The molecule has 1 fully saturated rings. The molecule has 2 aromatic carbocycles. The van der Waals surface area contributed by atoms with E-state index in [-0.39, 0.29) is 29.3 Å². The van der Waals surface area contributed by atoms with E-state index in [1.807, 2.05) is 43.3 Å². The third-order valence-corrected chi connectivity index (χ3v) is 14.2. The second kappa shape index (κ2) is 9.93. The Kier molecular flexibility index (Phi) is 7.04. The van der Waals surface area contributed by atoms with Gasteiger partial charge in [0, 0.05) is 5.92 Å². The molecular weight excluding hydrogens is 506 g/mol. The highest BCUT2D eigenvalue weighted by molar-refractivity contribution is 6.74. The molecule has 0 saturated heterocycles. The molecule has 1 N–H and O–H groups in total. The van der Waals surface area contributed by atoms with Crippen LogP contribution in [0.1, 0.15) is 69.6 Å². The maximum atomic E-state index is 13.1. The molecule has 1 saturated carbocycles. The SMILES string of the molecule is CC(C)(C)[Si](C)(C)Oc1ccc2c(c1)CC[C@@H]1[C@@H]2CC[C@]2(C)C(=O)C=C[C@]12ONC(=O)OCc1ccccc1. The fourth-order valence-corrected chi connectivity index (χ4v) is 7.45. The Morgan fingerprint density at radius 2 is 1.85 bits per heavy atom. The standard InChI is InChI=1S/C32H41NO5Si/c1-30(2,3)39(5,6)37-24-13-14-25-23(20-24)12-15-27-26(25)16-18-31(4)28(34)17-19-32(27,31)38-33-29(35)36-21-22-10-8-7-9-11-22/h7-11,13-14,17,19-20,26-27H,12,15-16,18,21H2,1-6H3,(H,33,35)/t26-,27-,31-,32+/m1/s1. The largest absolute Gasteiger partial charge is 0.543 e. The van der Waals surface area contributed by atoms with Gasteiger partial charge in [-0.3, -0.25) is 9.63 Å². The molecule has 0 aliphatic heterocycles. The van der Waals surface area contributed by atoms with Crippen molar-refractivity contribution >= 4 is 20.2 Å². The second-order valence-electron chi connectivity index (χ2n) is 13.1. The zero-order valence-corrected chi connectivity index (χ0v) is 25.0. The van der Waals surface area contributed by atoms with Crippen molar-refractivity contribution in [3.8, 4) is 5.75 Å². The zero-order chi connectivity index (χ0) is 28.1. The van der Waals surface area contributed by atoms with Gasteiger partial charge in [-0.2, -0.15) is 5.48 Å². The van der Waals surface area contributed by atoms with Crippen LogP contribution in [0.3, 0.4) is 0 Å². The lowest BCUT2D eigenvalue weighted by Crippen LogP contribution is -2.60. The van der Waals surface area contributed by atoms with Crippen molar-refractivity contribution in [2.45, 2.75) is 89.6 Å². The van der Waals surface area contributed by atoms with Gasteiger partial charge in [-0.05, 0) is 97.6 Å². The molecule has 6 nitrogen and oxygen atoms in total. The van der Waals surface area contributed by atoms with E-state index in [9.17, 15) is 9.59 Å². The van der Waals surface area contributed by atoms with Crippen molar-refractivity contribution in [1.29, 1.82) is 0 Å². The normalized spacial score (nSPS) is 27.8. The van der Waals surface area contributed by atoms with Gasteiger partial charge in [-0.15, -0.1) is 0 Å². The number of amides is 1. The van der Waals surface area contributed by atoms with Gasteiger partial charge >= 0.3 is 6.09 Å². The fraction of sp³-hybridized carbons (Fsp3) is 0.500. The highest BCUT2D eigenvalue weighted by Crippen LogP contribution is 2.61. The summed E-state index contributed by atoms with van der Waals surface area (Å²) in [5.74, 6) is 1.28. The van der Waals surface area contributed by atoms with Gasteiger partial charge in [0.05, 0.1) is 5.41 Å². The van der Waals surface area contributed by atoms with Gasteiger partial charge in [0.2, 0.25) is 8.32 Å². The topological polar surface area (TPSA) is 73.9 Å². The molecule has 0 aromatic heterocycles. The van der Waals surface area contributed by atoms with Gasteiger partial charge in [-0.1, -0.05) is 57.2 Å². The van der Waals surface area contributed by atoms with E-state index in [0.717, 1.165) is 30.6 Å². The predicted octanol–water partition coefficient (Wildman–Crippen LogP) is 7.25. The van der Waals surface area contributed by atoms with E-state index >= 15 is 0 Å². The monoisotopic (exact) mass is 547 g/mol. The fourth-order valence-electron chi connectivity index (χ4n) is 6.43. The molecule has 3 aliphatic carbocycles. The third kappa shape index (κ3) is 4.84. The number of fused-ring (bicyclic) bond motifs is 5. The number of aryl methyl sites for hydroxylation is 1. The molecular formula is C32H41NO5Si. The van der Waals surface area contributed by atoms with Crippen LogP contribution in [-0.4, -0.2) is 25.8 Å². The predicted molar refractivity (Wildman–Crippen MR) is 154 cm³/mol. The van der Waals surface area contributed by atoms with Crippen LogP contribution in [0.25, 0.3) is 0 Å². The number of hydrogen-bond donors (Lipinski definition) is 1. The first-order valence-corrected chi connectivity index (χ1v) is 17.0. The van der Waals surface area contributed by atoms with Crippen LogP contribution in [-0.2, 0) is 27.4 Å². The summed E-state index contributed by atoms with van der Waals surface area (Å²) in [7, 11) is -1.94. The van der Waals surface area contributed by atoms with E-state index in [1.165, 1.54) is 11.1 Å². The molecule has 1 amide bonds. The molecule has 208 valence electrons. The number of allylic oxidation sites excluding steroid dienone is 1. The first-order chi connectivity index (χ1) is 18.4. The average Bonchev–Trinajstić information content (AvgIpc) is 3.16. The van der Waals surface area contributed by atoms with E-state index in [1.54, 1.807) is 6.08 Å². The zero-order valence-electron chi connectivity index (χ0n) is 24.0. The highest BCUT2D eigenvalue weighted by atomic mass is 28.4. The van der Waals surface area contributed by atoms with Crippen molar-refractivity contribution < 1.29 is 23.6 Å². The summed E-state index contributed by atoms with van der Waals surface area (Å²) in [6, 6.07) is 16.1. The number of rotatable bonds is 6. The van der Waals surface area contributed by atoms with Crippen LogP contribution >= 0.6 is 0 Å². The van der Waals surface area contributed by atoms with Crippen LogP contribution in [0.15, 0.2) is 60.7 Å². The lowest BCUT2D eigenvalue weighted by atomic mass is 9.53. The van der Waals surface area contributed by atoms with Crippen molar-refractivity contribution in [3.05, 3.63) is 77.4 Å². The van der Waals surface area contributed by atoms with Crippen LogP contribution in [0.2, 0.25) is 18.1 Å². The number of nitrogens with one attached hydrogen (secondary N) is 1. The summed E-state index contributed by atoms with van der Waals surface area (Å²) in [5, 5.41) is 0.127. The molecule has 3 aliphatic rings. The third-order valence-electron chi connectivity index (χ3n) is 9.81. The Hall–Kier alpha value is -2.90. The number of carbonyl (C=O) groups is 2. The van der Waals surface area contributed by atoms with Gasteiger partial charge in [0.1, 0.15) is 18.0 Å². The number of hydroxylamine groups is 1. The quantitative estimate of drug-likeness (QED) is 0.305. The van der Waals surface area contributed by atoms with E-state index < -0.39 is 25.4 Å². The Labute approximate surface area is 233 Å². The van der Waals surface area contributed by atoms with Gasteiger partial charge in [-0.25, -0.2) is 4.79 Å². The minimum absolute atomic E-state index is 0.0491. The number of carbonyl (C=O) groups excluding carboxylic acids is 2. The molecule has 5 rings (SSSR count). The van der Waals surface area contributed by atoms with Crippen LogP contribution in [0.4, 0.5) is 4.79 Å². The first kappa shape index (κ1) is 27.7. The summed E-state index contributed by atoms with van der Waals surface area (Å²) in [6.07, 6.45) is 6.18. The smallest absolute Gasteiger partial charge is 0.431 e. The molecule has 39 heavy (non-hydrogen) atoms. The molecule has 0 heterocycles. The molecule has 4 atom stereocenters. The molecule has 0 unspecified atom stereocenters. The highest BCUT2D eigenvalue weighted by Gasteiger charge is 2.64. The van der Waals surface area contributed by atoms with Crippen LogP contribution in [0.5, 0.6) is 5.75 Å². The first-order valence-electron chi connectivity index (χ1n) is 14.1. The Balaban J connectivity index is 1.36. The molecule has 0 spiro atoms. The van der Waals surface area contributed by atoms with Crippen LogP contribution < -0.4 is 9.91 Å². The molecule has 7 heteroatoms. The summed E-state index contributed by atoms with van der Waals surface area (Å²) < 4.78 is 12.0. The maximum absolute atomic E-state index is 13.1. The van der Waals surface area contributed by atoms with Gasteiger partial charge < -0.3 is 9.16 Å². The Morgan fingerprint density at radius 1 is 1.10 bits per heavy atom. The summed E-state index contributed by atoms with van der Waals surface area (Å²) in [5.41, 5.74) is 4.41. The van der Waals surface area contributed by atoms with Crippen LogP contribution in [0, 0.1) is 11.3 Å². The van der Waals surface area contributed by atoms with Crippen molar-refractivity contribution in [2.24, 2.45) is 11.3 Å². The van der Waals surface area contributed by atoms with Crippen molar-refractivity contribution in [1.82, 2.24) is 5.48 Å². The molecule has 0 radical (unpaired) electrons. The summed E-state index contributed by atoms with van der Waals surface area (Å²) in [4.78, 5) is 32.1. The Morgan fingerprint density at radius 3 is 2.56 bits per heavy atom. The lowest BCUT2D eigenvalue weighted by molar-refractivity contribution is -0.188. The van der Waals surface area contributed by atoms with E-state index in [4.69, 9.17) is 14.0 Å². The number of benzene rings is 2. The average molecular weight is 548 g/mol. The van der Waals surface area contributed by atoms with Gasteiger partial charge in [0.15, 0.2) is 5.78 Å². The molecule has 2 aromatic rings. The number of ether oxygens (including phenoxy) is 1. The minimum Gasteiger partial charge on any atom is -0.543 e. The summed E-state index contributed by atoms with van der Waals surface area (Å²) >= 11 is 0.